The molecule has 1 unspecified atom stereocenters. The number of ether oxygens (including phenoxy) is 5. The lowest BCUT2D eigenvalue weighted by Gasteiger charge is -2.45. The summed E-state index contributed by atoms with van der Waals surface area (Å²) in [6, 6.07) is 29.8. The van der Waals surface area contributed by atoms with Gasteiger partial charge in [-0.1, -0.05) is 91.0 Å². The van der Waals surface area contributed by atoms with Crippen LogP contribution in [0.15, 0.2) is 91.0 Å². The summed E-state index contributed by atoms with van der Waals surface area (Å²) >= 11 is 0. The van der Waals surface area contributed by atoms with Crippen molar-refractivity contribution in [2.45, 2.75) is 50.5 Å². The SMILES string of the molecule is CO[C@@H]1OC(CO)[C@H](OCc2ccccc2)[C@H](OCc2ccccc2)[C@@H]1OCc1ccccc1. The van der Waals surface area contributed by atoms with Crippen LogP contribution in [0.2, 0.25) is 0 Å². The molecule has 1 fully saturated rings. The van der Waals surface area contributed by atoms with E-state index in [1.54, 1.807) is 7.11 Å². The van der Waals surface area contributed by atoms with Crippen molar-refractivity contribution in [2.75, 3.05) is 13.7 Å². The molecule has 0 saturated carbocycles. The van der Waals surface area contributed by atoms with Crippen molar-refractivity contribution in [3.8, 4) is 0 Å². The van der Waals surface area contributed by atoms with Crippen molar-refractivity contribution in [2.24, 2.45) is 0 Å². The largest absolute Gasteiger partial charge is 0.394 e. The summed E-state index contributed by atoms with van der Waals surface area (Å²) in [7, 11) is 1.57. The number of rotatable bonds is 11. The van der Waals surface area contributed by atoms with Crippen LogP contribution < -0.4 is 0 Å². The first-order valence-corrected chi connectivity index (χ1v) is 11.5. The molecule has 0 radical (unpaired) electrons. The Bertz CT molecular complexity index is 895. The molecule has 1 saturated heterocycles. The van der Waals surface area contributed by atoms with Gasteiger partial charge in [-0.15, -0.1) is 0 Å². The van der Waals surface area contributed by atoms with Crippen LogP contribution in [0.5, 0.6) is 0 Å². The Kier molecular flexibility index (Phi) is 9.21. The van der Waals surface area contributed by atoms with Crippen molar-refractivity contribution in [3.63, 3.8) is 0 Å². The van der Waals surface area contributed by atoms with Crippen molar-refractivity contribution in [1.82, 2.24) is 0 Å². The molecule has 0 bridgehead atoms. The van der Waals surface area contributed by atoms with E-state index in [9.17, 15) is 5.11 Å². The molecule has 1 N–H and O–H groups in total. The van der Waals surface area contributed by atoms with Crippen LogP contribution in [0, 0.1) is 0 Å². The monoisotopic (exact) mass is 464 g/mol. The van der Waals surface area contributed by atoms with Gasteiger partial charge in [0.2, 0.25) is 0 Å². The minimum Gasteiger partial charge on any atom is -0.394 e. The number of hydrogen-bond acceptors (Lipinski definition) is 6. The van der Waals surface area contributed by atoms with Crippen LogP contribution in [-0.4, -0.2) is 49.5 Å². The zero-order valence-electron chi connectivity index (χ0n) is 19.4. The van der Waals surface area contributed by atoms with E-state index in [1.807, 2.05) is 91.0 Å². The third-order valence-electron chi connectivity index (χ3n) is 5.86. The quantitative estimate of drug-likeness (QED) is 0.461. The Balaban J connectivity index is 1.56. The fourth-order valence-corrected chi connectivity index (χ4v) is 4.08. The van der Waals surface area contributed by atoms with Crippen LogP contribution in [0.3, 0.4) is 0 Å². The molecular formula is C28H32O6. The van der Waals surface area contributed by atoms with Gasteiger partial charge in [-0.05, 0) is 16.7 Å². The lowest BCUT2D eigenvalue weighted by molar-refractivity contribution is -0.321. The zero-order valence-corrected chi connectivity index (χ0v) is 19.4. The van der Waals surface area contributed by atoms with Crippen LogP contribution >= 0.6 is 0 Å². The van der Waals surface area contributed by atoms with Crippen LogP contribution in [0.1, 0.15) is 16.7 Å². The van der Waals surface area contributed by atoms with Gasteiger partial charge in [0.15, 0.2) is 6.29 Å². The predicted octanol–water partition coefficient (Wildman–Crippen LogP) is 4.11. The van der Waals surface area contributed by atoms with Gasteiger partial charge in [-0.2, -0.15) is 0 Å². The Labute approximate surface area is 201 Å². The second-order valence-corrected chi connectivity index (χ2v) is 8.24. The van der Waals surface area contributed by atoms with Crippen molar-refractivity contribution in [3.05, 3.63) is 108 Å². The van der Waals surface area contributed by atoms with Gasteiger partial charge in [-0.3, -0.25) is 0 Å². The summed E-state index contributed by atoms with van der Waals surface area (Å²) in [5.74, 6) is 0. The van der Waals surface area contributed by atoms with Crippen molar-refractivity contribution < 1.29 is 28.8 Å². The first-order valence-electron chi connectivity index (χ1n) is 11.5. The number of hydrogen-bond donors (Lipinski definition) is 1. The summed E-state index contributed by atoms with van der Waals surface area (Å²) in [6.45, 7) is 0.876. The van der Waals surface area contributed by atoms with Crippen molar-refractivity contribution in [1.29, 1.82) is 0 Å². The Morgan fingerprint density at radius 2 is 1.03 bits per heavy atom. The maximum absolute atomic E-state index is 10.1. The first kappa shape index (κ1) is 24.5. The van der Waals surface area contributed by atoms with Crippen LogP contribution in [0.4, 0.5) is 0 Å². The minimum atomic E-state index is -0.710. The molecule has 0 aliphatic carbocycles. The van der Waals surface area contributed by atoms with E-state index in [2.05, 4.69) is 0 Å². The highest BCUT2D eigenvalue weighted by molar-refractivity contribution is 5.15. The molecule has 180 valence electrons. The third kappa shape index (κ3) is 6.51. The molecule has 6 nitrogen and oxygen atoms in total. The van der Waals surface area contributed by atoms with Crippen molar-refractivity contribution >= 4 is 0 Å². The van der Waals surface area contributed by atoms with Gasteiger partial charge in [0.05, 0.1) is 26.4 Å². The Hall–Kier alpha value is -2.58. The maximum Gasteiger partial charge on any atom is 0.186 e. The maximum atomic E-state index is 10.1. The fraction of sp³-hybridized carbons (Fsp3) is 0.357. The summed E-state index contributed by atoms with van der Waals surface area (Å²) < 4.78 is 30.7. The standard InChI is InChI=1S/C28H32O6/c1-30-28-27(33-20-23-15-9-4-10-16-23)26(32-19-22-13-7-3-8-14-22)25(24(17-29)34-28)31-18-21-11-5-2-6-12-21/h2-16,24-29H,17-20H2,1H3/t24?,25-,26-,27-,28+/m0/s1. The molecule has 3 aromatic rings. The second kappa shape index (κ2) is 12.8. The molecule has 4 rings (SSSR count). The highest BCUT2D eigenvalue weighted by Gasteiger charge is 2.48. The normalized spacial score (nSPS) is 24.7. The van der Waals surface area contributed by atoms with E-state index >= 15 is 0 Å². The van der Waals surface area contributed by atoms with E-state index in [4.69, 9.17) is 23.7 Å². The molecule has 3 aromatic carbocycles. The summed E-state index contributed by atoms with van der Waals surface area (Å²) in [6.07, 6.45) is -2.97. The van der Waals surface area contributed by atoms with Gasteiger partial charge in [0.25, 0.3) is 0 Å². The van der Waals surface area contributed by atoms with E-state index in [-0.39, 0.29) is 6.61 Å². The van der Waals surface area contributed by atoms with Gasteiger partial charge in [0.1, 0.15) is 24.4 Å². The number of aliphatic hydroxyl groups excluding tert-OH is 1. The molecule has 6 heteroatoms. The molecule has 1 aliphatic heterocycles. The van der Waals surface area contributed by atoms with Crippen LogP contribution in [0.25, 0.3) is 0 Å². The predicted molar refractivity (Wildman–Crippen MR) is 128 cm³/mol. The Morgan fingerprint density at radius 3 is 1.44 bits per heavy atom. The number of methoxy groups -OCH3 is 1. The third-order valence-corrected chi connectivity index (χ3v) is 5.86. The van der Waals surface area contributed by atoms with E-state index in [0.717, 1.165) is 16.7 Å². The molecule has 0 spiro atoms. The fourth-order valence-electron chi connectivity index (χ4n) is 4.08. The van der Waals surface area contributed by atoms with Gasteiger partial charge in [0, 0.05) is 7.11 Å². The molecule has 34 heavy (non-hydrogen) atoms. The smallest absolute Gasteiger partial charge is 0.186 e. The molecule has 1 aliphatic rings. The highest BCUT2D eigenvalue weighted by Crippen LogP contribution is 2.30. The van der Waals surface area contributed by atoms with Gasteiger partial charge in [-0.25, -0.2) is 0 Å². The molecule has 0 aromatic heterocycles. The summed E-state index contributed by atoms with van der Waals surface area (Å²) in [5, 5.41) is 10.1. The molecule has 0 amide bonds. The number of aliphatic hydroxyl groups is 1. The summed E-state index contributed by atoms with van der Waals surface area (Å²) in [4.78, 5) is 0. The van der Waals surface area contributed by atoms with Crippen LogP contribution in [-0.2, 0) is 43.5 Å². The highest BCUT2D eigenvalue weighted by atomic mass is 16.7. The Morgan fingerprint density at radius 1 is 0.618 bits per heavy atom. The molecular weight excluding hydrogens is 432 g/mol. The molecule has 5 atom stereocenters. The first-order chi connectivity index (χ1) is 16.8. The van der Waals surface area contributed by atoms with E-state index < -0.39 is 30.7 Å². The van der Waals surface area contributed by atoms with E-state index in [0.29, 0.717) is 19.8 Å². The minimum absolute atomic E-state index is 0.226. The zero-order chi connectivity index (χ0) is 23.6. The lowest BCUT2D eigenvalue weighted by Crippen LogP contribution is -2.61. The lowest BCUT2D eigenvalue weighted by atomic mass is 9.98. The topological polar surface area (TPSA) is 66.4 Å². The van der Waals surface area contributed by atoms with Gasteiger partial charge >= 0.3 is 0 Å². The van der Waals surface area contributed by atoms with Gasteiger partial charge < -0.3 is 28.8 Å². The average Bonchev–Trinajstić information content (AvgIpc) is 2.91. The van der Waals surface area contributed by atoms with E-state index in [1.165, 1.54) is 0 Å². The second-order valence-electron chi connectivity index (χ2n) is 8.24. The summed E-state index contributed by atoms with van der Waals surface area (Å²) in [5.41, 5.74) is 3.09. The number of benzene rings is 3. The molecule has 1 heterocycles. The average molecular weight is 465 g/mol.